The fourth-order valence-electron chi connectivity index (χ4n) is 3.58. The Bertz CT molecular complexity index is 885. The normalized spacial score (nSPS) is 19.9. The summed E-state index contributed by atoms with van der Waals surface area (Å²) in [5.74, 6) is -0.610. The quantitative estimate of drug-likeness (QED) is 0.619. The van der Waals surface area contributed by atoms with Gasteiger partial charge in [0.15, 0.2) is 6.54 Å². The molecule has 2 aromatic carbocycles. The van der Waals surface area contributed by atoms with Crippen molar-refractivity contribution in [1.82, 2.24) is 15.8 Å². The van der Waals surface area contributed by atoms with Gasteiger partial charge in [-0.15, -0.1) is 0 Å². The van der Waals surface area contributed by atoms with Crippen LogP contribution in [-0.2, 0) is 15.1 Å². The first-order chi connectivity index (χ1) is 13.8. The number of carbonyl (C=O) groups is 3. The van der Waals surface area contributed by atoms with Crippen molar-refractivity contribution < 1.29 is 19.7 Å². The Morgan fingerprint density at radius 3 is 2.24 bits per heavy atom. The summed E-state index contributed by atoms with van der Waals surface area (Å²) < 4.78 is 0. The molecule has 0 saturated carbocycles. The molecule has 1 saturated heterocycles. The molecule has 7 nitrogen and oxygen atoms in total. The van der Waals surface area contributed by atoms with Gasteiger partial charge in [-0.3, -0.25) is 15.0 Å². The Hall–Kier alpha value is -3.19. The minimum absolute atomic E-state index is 0.0941. The number of rotatable bonds is 7. The van der Waals surface area contributed by atoms with Gasteiger partial charge in [0.1, 0.15) is 11.6 Å². The molecule has 0 radical (unpaired) electrons. The van der Waals surface area contributed by atoms with E-state index in [1.54, 1.807) is 31.2 Å². The number of nitrogens with one attached hydrogen (secondary N) is 2. The van der Waals surface area contributed by atoms with E-state index in [-0.39, 0.29) is 12.6 Å². The molecule has 7 heteroatoms. The highest BCUT2D eigenvalue weighted by Gasteiger charge is 2.50. The molecular formula is C22H27N4O3+. The summed E-state index contributed by atoms with van der Waals surface area (Å²) in [5.41, 5.74) is 3.03. The second-order valence-electron chi connectivity index (χ2n) is 7.72. The van der Waals surface area contributed by atoms with Crippen molar-refractivity contribution in [3.63, 3.8) is 0 Å². The molecule has 0 aromatic heterocycles. The molecule has 1 aliphatic rings. The van der Waals surface area contributed by atoms with Crippen molar-refractivity contribution in [2.24, 2.45) is 5.92 Å². The summed E-state index contributed by atoms with van der Waals surface area (Å²) in [6.07, 6.45) is 0. The molecule has 4 N–H and O–H groups in total. The second-order valence-corrected chi connectivity index (χ2v) is 7.72. The van der Waals surface area contributed by atoms with E-state index >= 15 is 0 Å². The number of hydrogen-bond donors (Lipinski definition) is 3. The zero-order valence-corrected chi connectivity index (χ0v) is 16.9. The zero-order valence-electron chi connectivity index (χ0n) is 16.9. The fraction of sp³-hybridized carbons (Fsp3) is 0.318. The van der Waals surface area contributed by atoms with E-state index in [4.69, 9.17) is 0 Å². The monoisotopic (exact) mass is 395 g/mol. The van der Waals surface area contributed by atoms with Gasteiger partial charge >= 0.3 is 6.03 Å². The van der Waals surface area contributed by atoms with Crippen LogP contribution < -0.4 is 16.1 Å². The van der Waals surface area contributed by atoms with Crippen LogP contribution in [0.2, 0.25) is 0 Å². The van der Waals surface area contributed by atoms with Gasteiger partial charge in [0.25, 0.3) is 11.8 Å². The maximum atomic E-state index is 12.9. The Balaban J connectivity index is 1.65. The van der Waals surface area contributed by atoms with Crippen LogP contribution in [0.15, 0.2) is 60.7 Å². The van der Waals surface area contributed by atoms with E-state index in [9.17, 15) is 14.4 Å². The summed E-state index contributed by atoms with van der Waals surface area (Å²) in [4.78, 5) is 37.7. The highest BCUT2D eigenvalue weighted by molar-refractivity contribution is 6.08. The number of hydrazine groups is 1. The van der Waals surface area contributed by atoms with Gasteiger partial charge in [0.05, 0.1) is 0 Å². The predicted molar refractivity (Wildman–Crippen MR) is 108 cm³/mol. The number of amides is 4. The Kier molecular flexibility index (Phi) is 5.98. The molecule has 2 atom stereocenters. The first-order valence-electron chi connectivity index (χ1n) is 9.73. The standard InChI is InChI=1S/C22H26N4O3/c1-15(2)19(16-10-6-4-7-11-16)23-14-18(27)25-26-20(28)22(3,24-21(26)29)17-12-8-5-9-13-17/h4-13,15,19,23H,14H2,1-3H3,(H,24,29)(H,25,27)/p+1/t19-,22-/m0/s1. The highest BCUT2D eigenvalue weighted by atomic mass is 16.2. The third kappa shape index (κ3) is 4.30. The summed E-state index contributed by atoms with van der Waals surface area (Å²) >= 11 is 0. The van der Waals surface area contributed by atoms with Crippen molar-refractivity contribution in [3.05, 3.63) is 71.8 Å². The summed E-state index contributed by atoms with van der Waals surface area (Å²) in [7, 11) is 0. The van der Waals surface area contributed by atoms with Crippen molar-refractivity contribution >= 4 is 17.8 Å². The van der Waals surface area contributed by atoms with Gasteiger partial charge in [-0.25, -0.2) is 4.79 Å². The van der Waals surface area contributed by atoms with Crippen LogP contribution in [0.1, 0.15) is 37.9 Å². The maximum Gasteiger partial charge on any atom is 0.344 e. The average molecular weight is 395 g/mol. The van der Waals surface area contributed by atoms with Crippen molar-refractivity contribution in [2.75, 3.05) is 6.54 Å². The molecular weight excluding hydrogens is 368 g/mol. The molecule has 1 fully saturated rings. The molecule has 3 rings (SSSR count). The predicted octanol–water partition coefficient (Wildman–Crippen LogP) is 1.45. The number of nitrogens with zero attached hydrogens (tertiary/aromatic N) is 1. The number of quaternary nitrogens is 1. The van der Waals surface area contributed by atoms with Gasteiger partial charge < -0.3 is 10.6 Å². The van der Waals surface area contributed by atoms with Crippen LogP contribution in [0.3, 0.4) is 0 Å². The van der Waals surface area contributed by atoms with Gasteiger partial charge in [0, 0.05) is 11.5 Å². The van der Waals surface area contributed by atoms with Crippen LogP contribution in [-0.4, -0.2) is 29.4 Å². The van der Waals surface area contributed by atoms with Gasteiger partial charge in [0.2, 0.25) is 0 Å². The third-order valence-electron chi connectivity index (χ3n) is 5.24. The summed E-state index contributed by atoms with van der Waals surface area (Å²) in [6.45, 7) is 5.91. The largest absolute Gasteiger partial charge is 0.344 e. The summed E-state index contributed by atoms with van der Waals surface area (Å²) in [5, 5.41) is 5.37. The van der Waals surface area contributed by atoms with Gasteiger partial charge in [-0.2, -0.15) is 5.01 Å². The van der Waals surface area contributed by atoms with Gasteiger partial charge in [-0.1, -0.05) is 74.5 Å². The topological polar surface area (TPSA) is 95.1 Å². The Morgan fingerprint density at radius 1 is 1.07 bits per heavy atom. The lowest BCUT2D eigenvalue weighted by Gasteiger charge is -2.22. The third-order valence-corrected chi connectivity index (χ3v) is 5.24. The van der Waals surface area contributed by atoms with E-state index in [0.29, 0.717) is 11.5 Å². The number of urea groups is 1. The fourth-order valence-corrected chi connectivity index (χ4v) is 3.58. The molecule has 4 amide bonds. The zero-order chi connectivity index (χ0) is 21.0. The van der Waals surface area contributed by atoms with Gasteiger partial charge in [-0.05, 0) is 12.5 Å². The van der Waals surface area contributed by atoms with Crippen LogP contribution in [0, 0.1) is 5.92 Å². The van der Waals surface area contributed by atoms with E-state index in [1.165, 1.54) is 0 Å². The first-order valence-corrected chi connectivity index (χ1v) is 9.73. The van der Waals surface area contributed by atoms with Crippen LogP contribution >= 0.6 is 0 Å². The van der Waals surface area contributed by atoms with E-state index in [1.807, 2.05) is 41.7 Å². The lowest BCUT2D eigenvalue weighted by molar-refractivity contribution is -0.692. The number of imide groups is 1. The molecule has 1 aliphatic heterocycles. The first kappa shape index (κ1) is 20.5. The molecule has 0 spiro atoms. The van der Waals surface area contributed by atoms with Crippen molar-refractivity contribution in [3.8, 4) is 0 Å². The molecule has 0 bridgehead atoms. The number of hydrogen-bond acceptors (Lipinski definition) is 3. The SMILES string of the molecule is CC(C)[C@H]([NH2+]CC(=O)NN1C(=O)N[C@@](C)(c2ccccc2)C1=O)c1ccccc1. The van der Waals surface area contributed by atoms with E-state index < -0.39 is 23.4 Å². The van der Waals surface area contributed by atoms with Crippen molar-refractivity contribution in [2.45, 2.75) is 32.4 Å². The number of nitrogens with two attached hydrogens (primary N) is 1. The molecule has 29 heavy (non-hydrogen) atoms. The average Bonchev–Trinajstić information content (AvgIpc) is 2.93. The Labute approximate surface area is 170 Å². The van der Waals surface area contributed by atoms with E-state index in [0.717, 1.165) is 10.6 Å². The lowest BCUT2D eigenvalue weighted by atomic mass is 9.92. The number of carbonyl (C=O) groups excluding carboxylic acids is 3. The molecule has 152 valence electrons. The Morgan fingerprint density at radius 2 is 1.66 bits per heavy atom. The molecule has 2 aromatic rings. The smallest absolute Gasteiger partial charge is 0.332 e. The molecule has 0 unspecified atom stereocenters. The minimum atomic E-state index is -1.21. The van der Waals surface area contributed by atoms with Crippen molar-refractivity contribution in [1.29, 1.82) is 0 Å². The highest BCUT2D eigenvalue weighted by Crippen LogP contribution is 2.27. The molecule has 0 aliphatic carbocycles. The summed E-state index contributed by atoms with van der Waals surface area (Å²) in [6, 6.07) is 18.4. The van der Waals surface area contributed by atoms with E-state index in [2.05, 4.69) is 24.6 Å². The minimum Gasteiger partial charge on any atom is -0.332 e. The maximum absolute atomic E-state index is 12.9. The second kappa shape index (κ2) is 8.45. The van der Waals surface area contributed by atoms with Crippen LogP contribution in [0.4, 0.5) is 4.79 Å². The van der Waals surface area contributed by atoms with Crippen LogP contribution in [0.5, 0.6) is 0 Å². The number of benzene rings is 2. The molecule has 1 heterocycles. The lowest BCUT2D eigenvalue weighted by Crippen LogP contribution is -2.88. The van der Waals surface area contributed by atoms with Crippen LogP contribution in [0.25, 0.3) is 0 Å².